The molecule has 0 unspecified atom stereocenters. The molecule has 1 aliphatic rings. The largest absolute Gasteiger partial charge is 0.339 e. The second kappa shape index (κ2) is 8.13. The summed E-state index contributed by atoms with van der Waals surface area (Å²) in [6, 6.07) is 13.6. The quantitative estimate of drug-likeness (QED) is 0.837. The molecule has 0 bridgehead atoms. The van der Waals surface area contributed by atoms with E-state index in [1.165, 1.54) is 6.42 Å². The van der Waals surface area contributed by atoms with Crippen LogP contribution in [-0.4, -0.2) is 32.3 Å². The lowest BCUT2D eigenvalue weighted by molar-refractivity contribution is 0.0696. The summed E-state index contributed by atoms with van der Waals surface area (Å²) >= 11 is 0. The van der Waals surface area contributed by atoms with Crippen molar-refractivity contribution in [3.05, 3.63) is 59.7 Å². The lowest BCUT2D eigenvalue weighted by Gasteiger charge is -2.31. The van der Waals surface area contributed by atoms with Crippen LogP contribution in [0.4, 0.5) is 5.69 Å². The van der Waals surface area contributed by atoms with Gasteiger partial charge in [0.1, 0.15) is 0 Å². The SMILES string of the molecule is Cc1ccc(S(=O)(=O)Nc2cccc(C(=O)N(C)C3CCCCC3)c2)cc1. The average molecular weight is 387 g/mol. The van der Waals surface area contributed by atoms with Crippen molar-refractivity contribution in [2.24, 2.45) is 0 Å². The van der Waals surface area contributed by atoms with Crippen LogP contribution in [0.15, 0.2) is 53.4 Å². The number of benzene rings is 2. The number of hydrogen-bond donors (Lipinski definition) is 1. The fourth-order valence-electron chi connectivity index (χ4n) is 3.49. The highest BCUT2D eigenvalue weighted by molar-refractivity contribution is 7.92. The molecule has 0 atom stereocenters. The number of anilines is 1. The highest BCUT2D eigenvalue weighted by atomic mass is 32.2. The molecule has 1 fully saturated rings. The maximum atomic E-state index is 12.8. The molecule has 1 saturated carbocycles. The Bertz CT molecular complexity index is 901. The molecule has 0 aromatic heterocycles. The van der Waals surface area contributed by atoms with Crippen LogP contribution in [-0.2, 0) is 10.0 Å². The molecule has 0 saturated heterocycles. The van der Waals surface area contributed by atoms with Crippen molar-refractivity contribution in [3.8, 4) is 0 Å². The fraction of sp³-hybridized carbons (Fsp3) is 0.381. The van der Waals surface area contributed by atoms with Gasteiger partial charge in [0, 0.05) is 24.3 Å². The number of hydrogen-bond acceptors (Lipinski definition) is 3. The molecule has 6 heteroatoms. The van der Waals surface area contributed by atoms with Crippen molar-refractivity contribution in [1.82, 2.24) is 4.90 Å². The lowest BCUT2D eigenvalue weighted by atomic mass is 9.94. The van der Waals surface area contributed by atoms with Gasteiger partial charge in [0.25, 0.3) is 15.9 Å². The molecule has 5 nitrogen and oxygen atoms in total. The van der Waals surface area contributed by atoms with E-state index in [0.717, 1.165) is 31.2 Å². The molecule has 0 radical (unpaired) electrons. The first-order valence-corrected chi connectivity index (χ1v) is 10.8. The molecular weight excluding hydrogens is 360 g/mol. The zero-order valence-corrected chi connectivity index (χ0v) is 16.6. The zero-order chi connectivity index (χ0) is 19.4. The van der Waals surface area contributed by atoms with Crippen molar-refractivity contribution in [2.75, 3.05) is 11.8 Å². The summed E-state index contributed by atoms with van der Waals surface area (Å²) in [6.45, 7) is 1.90. The lowest BCUT2D eigenvalue weighted by Crippen LogP contribution is -2.38. The first-order chi connectivity index (χ1) is 12.9. The normalized spacial score (nSPS) is 15.3. The van der Waals surface area contributed by atoms with E-state index < -0.39 is 10.0 Å². The van der Waals surface area contributed by atoms with Gasteiger partial charge < -0.3 is 4.90 Å². The van der Waals surface area contributed by atoms with Crippen molar-refractivity contribution >= 4 is 21.6 Å². The van der Waals surface area contributed by atoms with Crippen molar-refractivity contribution in [3.63, 3.8) is 0 Å². The van der Waals surface area contributed by atoms with Crippen molar-refractivity contribution in [2.45, 2.75) is 50.0 Å². The van der Waals surface area contributed by atoms with Gasteiger partial charge in [0.05, 0.1) is 4.90 Å². The number of rotatable bonds is 5. The van der Waals surface area contributed by atoms with Crippen LogP contribution in [0, 0.1) is 6.92 Å². The van der Waals surface area contributed by atoms with Gasteiger partial charge in [-0.1, -0.05) is 43.0 Å². The average Bonchev–Trinajstić information content (AvgIpc) is 2.67. The third kappa shape index (κ3) is 4.69. The van der Waals surface area contributed by atoms with Crippen LogP contribution < -0.4 is 4.72 Å². The van der Waals surface area contributed by atoms with E-state index in [4.69, 9.17) is 0 Å². The highest BCUT2D eigenvalue weighted by Crippen LogP contribution is 2.24. The molecule has 144 valence electrons. The summed E-state index contributed by atoms with van der Waals surface area (Å²) in [4.78, 5) is 14.8. The van der Waals surface area contributed by atoms with Crippen LogP contribution in [0.1, 0.15) is 48.0 Å². The first kappa shape index (κ1) is 19.4. The molecule has 2 aromatic carbocycles. The van der Waals surface area contributed by atoms with Gasteiger partial charge in [-0.05, 0) is 50.1 Å². The third-order valence-corrected chi connectivity index (χ3v) is 6.53. The molecule has 1 amide bonds. The Kier molecular flexibility index (Phi) is 5.85. The minimum absolute atomic E-state index is 0.0710. The van der Waals surface area contributed by atoms with E-state index in [0.29, 0.717) is 11.3 Å². The summed E-state index contributed by atoms with van der Waals surface area (Å²) in [5.41, 5.74) is 1.87. The standard InChI is InChI=1S/C21H26N2O3S/c1-16-11-13-20(14-12-16)27(25,26)22-18-8-6-7-17(15-18)21(24)23(2)19-9-4-3-5-10-19/h6-8,11-15,19,22H,3-5,9-10H2,1-2H3. The topological polar surface area (TPSA) is 66.5 Å². The van der Waals surface area contributed by atoms with Gasteiger partial charge in [0.2, 0.25) is 0 Å². The molecule has 0 aliphatic heterocycles. The van der Waals surface area contributed by atoms with Crippen molar-refractivity contribution < 1.29 is 13.2 Å². The summed E-state index contributed by atoms with van der Waals surface area (Å²) in [7, 11) is -1.85. The maximum Gasteiger partial charge on any atom is 0.261 e. The van der Waals surface area contributed by atoms with E-state index >= 15 is 0 Å². The molecule has 0 heterocycles. The minimum atomic E-state index is -3.69. The van der Waals surface area contributed by atoms with E-state index in [9.17, 15) is 13.2 Å². The summed E-state index contributed by atoms with van der Waals surface area (Å²) < 4.78 is 27.7. The predicted molar refractivity (Wildman–Crippen MR) is 107 cm³/mol. The highest BCUT2D eigenvalue weighted by Gasteiger charge is 2.23. The third-order valence-electron chi connectivity index (χ3n) is 5.14. The minimum Gasteiger partial charge on any atom is -0.339 e. The first-order valence-electron chi connectivity index (χ1n) is 9.33. The van der Waals surface area contributed by atoms with Gasteiger partial charge in [0.15, 0.2) is 0 Å². The van der Waals surface area contributed by atoms with E-state index in [-0.39, 0.29) is 16.8 Å². The zero-order valence-electron chi connectivity index (χ0n) is 15.8. The van der Waals surface area contributed by atoms with Gasteiger partial charge in [-0.3, -0.25) is 9.52 Å². The molecule has 1 N–H and O–H groups in total. The Morgan fingerprint density at radius 1 is 1.04 bits per heavy atom. The summed E-state index contributed by atoms with van der Waals surface area (Å²) in [5.74, 6) is -0.0710. The number of amides is 1. The van der Waals surface area contributed by atoms with Crippen LogP contribution in [0.3, 0.4) is 0 Å². The van der Waals surface area contributed by atoms with Crippen molar-refractivity contribution in [1.29, 1.82) is 0 Å². The Morgan fingerprint density at radius 2 is 1.70 bits per heavy atom. The van der Waals surface area contributed by atoms with Crippen LogP contribution in [0.25, 0.3) is 0 Å². The Balaban J connectivity index is 1.76. The van der Waals surface area contributed by atoms with Gasteiger partial charge in [-0.25, -0.2) is 8.42 Å². The number of carbonyl (C=O) groups excluding carboxylic acids is 1. The second-order valence-corrected chi connectivity index (χ2v) is 8.89. The smallest absolute Gasteiger partial charge is 0.261 e. The molecule has 3 rings (SSSR count). The molecule has 2 aromatic rings. The van der Waals surface area contributed by atoms with Crippen LogP contribution >= 0.6 is 0 Å². The van der Waals surface area contributed by atoms with Gasteiger partial charge in [-0.2, -0.15) is 0 Å². The summed E-state index contributed by atoms with van der Waals surface area (Å²) in [6.07, 6.45) is 5.59. The number of aryl methyl sites for hydroxylation is 1. The fourth-order valence-corrected chi connectivity index (χ4v) is 4.53. The Morgan fingerprint density at radius 3 is 2.37 bits per heavy atom. The van der Waals surface area contributed by atoms with Crippen LogP contribution in [0.5, 0.6) is 0 Å². The van der Waals surface area contributed by atoms with Crippen LogP contribution in [0.2, 0.25) is 0 Å². The molecule has 0 spiro atoms. The summed E-state index contributed by atoms with van der Waals surface area (Å²) in [5, 5.41) is 0. The second-order valence-electron chi connectivity index (χ2n) is 7.21. The van der Waals surface area contributed by atoms with E-state index in [1.807, 2.05) is 14.0 Å². The predicted octanol–water partition coefficient (Wildman–Crippen LogP) is 4.20. The number of nitrogens with zero attached hydrogens (tertiary/aromatic N) is 1. The molecule has 27 heavy (non-hydrogen) atoms. The number of carbonyl (C=O) groups is 1. The molecular formula is C21H26N2O3S. The van der Waals surface area contributed by atoms with Gasteiger partial charge in [-0.15, -0.1) is 0 Å². The molecule has 1 aliphatic carbocycles. The Hall–Kier alpha value is -2.34. The number of nitrogens with one attached hydrogen (secondary N) is 1. The van der Waals surface area contributed by atoms with E-state index in [1.54, 1.807) is 53.4 Å². The van der Waals surface area contributed by atoms with Gasteiger partial charge >= 0.3 is 0 Å². The maximum absolute atomic E-state index is 12.8. The van der Waals surface area contributed by atoms with E-state index in [2.05, 4.69) is 4.72 Å². The Labute approximate surface area is 161 Å². The number of sulfonamides is 1. The monoisotopic (exact) mass is 386 g/mol.